The zero-order valence-electron chi connectivity index (χ0n) is 11.3. The smallest absolute Gasteiger partial charge is 0.224 e. The lowest BCUT2D eigenvalue weighted by Gasteiger charge is -2.05. The molecular weight excluding hydrogens is 262 g/mol. The van der Waals surface area contributed by atoms with Gasteiger partial charge in [0.15, 0.2) is 5.78 Å². The zero-order chi connectivity index (χ0) is 14.7. The Kier molecular flexibility index (Phi) is 3.53. The van der Waals surface area contributed by atoms with Crippen LogP contribution in [0.15, 0.2) is 48.5 Å². The molecule has 21 heavy (non-hydrogen) atoms. The highest BCUT2D eigenvalue weighted by Gasteiger charge is 2.19. The number of hydrogen-bond acceptors (Lipinski definition) is 2. The molecule has 3 heteroatoms. The van der Waals surface area contributed by atoms with Gasteiger partial charge in [-0.1, -0.05) is 30.0 Å². The molecule has 0 aromatic heterocycles. The van der Waals surface area contributed by atoms with E-state index in [9.17, 15) is 9.59 Å². The van der Waals surface area contributed by atoms with Crippen LogP contribution in [0.1, 0.15) is 34.3 Å². The van der Waals surface area contributed by atoms with Crippen molar-refractivity contribution in [2.75, 3.05) is 5.32 Å². The Labute approximate surface area is 123 Å². The van der Waals surface area contributed by atoms with Crippen molar-refractivity contribution in [3.8, 4) is 11.8 Å². The molecule has 0 saturated heterocycles. The third kappa shape index (κ3) is 3.01. The van der Waals surface area contributed by atoms with Crippen LogP contribution < -0.4 is 5.32 Å². The number of rotatable bonds is 0. The average Bonchev–Trinajstić information content (AvgIpc) is 2.65. The van der Waals surface area contributed by atoms with Crippen LogP contribution in [0.5, 0.6) is 0 Å². The minimum Gasteiger partial charge on any atom is -0.325 e. The predicted octanol–water partition coefficient (Wildman–Crippen LogP) is 3.00. The zero-order valence-corrected chi connectivity index (χ0v) is 11.3. The molecule has 1 aliphatic rings. The van der Waals surface area contributed by atoms with Crippen LogP contribution in [-0.4, -0.2) is 11.7 Å². The maximum atomic E-state index is 12.0. The highest BCUT2D eigenvalue weighted by Crippen LogP contribution is 2.23. The highest BCUT2D eigenvalue weighted by molar-refractivity contribution is 6.09. The number of carbonyl (C=O) groups is 2. The fourth-order valence-electron chi connectivity index (χ4n) is 2.20. The van der Waals surface area contributed by atoms with E-state index >= 15 is 0 Å². The quantitative estimate of drug-likeness (QED) is 0.751. The van der Waals surface area contributed by atoms with Crippen molar-refractivity contribution in [3.63, 3.8) is 0 Å². The third-order valence-electron chi connectivity index (χ3n) is 3.30. The first kappa shape index (κ1) is 13.1. The Balaban J connectivity index is 1.95. The standard InChI is InChI=1S/C18H13NO2/c20-17-10-11-18(21)19-16-9-8-14(12-15(16)17)7-6-13-4-2-1-3-5-13/h1-5,8-9,12H,10-11H2,(H,19,21). The van der Waals surface area contributed by atoms with Gasteiger partial charge < -0.3 is 5.32 Å². The topological polar surface area (TPSA) is 46.2 Å². The Morgan fingerprint density at radius 1 is 0.857 bits per heavy atom. The fourth-order valence-corrected chi connectivity index (χ4v) is 2.20. The van der Waals surface area contributed by atoms with Gasteiger partial charge in [0.05, 0.1) is 5.69 Å². The van der Waals surface area contributed by atoms with Crippen molar-refractivity contribution in [1.29, 1.82) is 0 Å². The monoisotopic (exact) mass is 275 g/mol. The molecule has 0 atom stereocenters. The molecule has 102 valence electrons. The average molecular weight is 275 g/mol. The second kappa shape index (κ2) is 5.64. The number of amides is 1. The van der Waals surface area contributed by atoms with E-state index in [4.69, 9.17) is 0 Å². The summed E-state index contributed by atoms with van der Waals surface area (Å²) in [5, 5.41) is 2.75. The van der Waals surface area contributed by atoms with E-state index < -0.39 is 0 Å². The third-order valence-corrected chi connectivity index (χ3v) is 3.30. The highest BCUT2D eigenvalue weighted by atomic mass is 16.2. The van der Waals surface area contributed by atoms with E-state index in [0.717, 1.165) is 11.1 Å². The Morgan fingerprint density at radius 2 is 1.62 bits per heavy atom. The van der Waals surface area contributed by atoms with Gasteiger partial charge in [0.1, 0.15) is 0 Å². The number of Topliss-reactive ketones (excluding diaryl/α,β-unsaturated/α-hetero) is 1. The van der Waals surface area contributed by atoms with Crippen molar-refractivity contribution < 1.29 is 9.59 Å². The first-order valence-electron chi connectivity index (χ1n) is 6.76. The number of ketones is 1. The molecule has 2 aromatic carbocycles. The van der Waals surface area contributed by atoms with E-state index in [-0.39, 0.29) is 24.5 Å². The molecule has 1 aliphatic heterocycles. The first-order chi connectivity index (χ1) is 10.2. The van der Waals surface area contributed by atoms with Gasteiger partial charge in [-0.3, -0.25) is 9.59 Å². The van der Waals surface area contributed by atoms with Crippen LogP contribution in [0.4, 0.5) is 5.69 Å². The van der Waals surface area contributed by atoms with Crippen LogP contribution in [0.25, 0.3) is 0 Å². The van der Waals surface area contributed by atoms with Crippen LogP contribution in [0.2, 0.25) is 0 Å². The molecule has 0 spiro atoms. The lowest BCUT2D eigenvalue weighted by atomic mass is 10.0. The lowest BCUT2D eigenvalue weighted by Crippen LogP contribution is -2.09. The number of anilines is 1. The summed E-state index contributed by atoms with van der Waals surface area (Å²) in [6, 6.07) is 15.0. The molecule has 0 saturated carbocycles. The Morgan fingerprint density at radius 3 is 2.43 bits per heavy atom. The molecule has 3 nitrogen and oxygen atoms in total. The molecular formula is C18H13NO2. The van der Waals surface area contributed by atoms with E-state index in [2.05, 4.69) is 17.2 Å². The molecule has 0 fully saturated rings. The van der Waals surface area contributed by atoms with Crippen molar-refractivity contribution in [3.05, 3.63) is 65.2 Å². The number of fused-ring (bicyclic) bond motifs is 1. The summed E-state index contributed by atoms with van der Waals surface area (Å²) in [6.07, 6.45) is 0.479. The molecule has 1 amide bonds. The number of nitrogens with one attached hydrogen (secondary N) is 1. The van der Waals surface area contributed by atoms with E-state index in [1.165, 1.54) is 0 Å². The van der Waals surface area contributed by atoms with E-state index in [1.54, 1.807) is 12.1 Å². The second-order valence-electron chi connectivity index (χ2n) is 4.85. The summed E-state index contributed by atoms with van der Waals surface area (Å²) >= 11 is 0. The minimum absolute atomic E-state index is 0.0216. The molecule has 1 heterocycles. The minimum atomic E-state index is -0.120. The Bertz CT molecular complexity index is 767. The van der Waals surface area contributed by atoms with Crippen molar-refractivity contribution in [2.45, 2.75) is 12.8 Å². The molecule has 1 N–H and O–H groups in total. The van der Waals surface area contributed by atoms with Gasteiger partial charge in [-0.15, -0.1) is 0 Å². The molecule has 0 bridgehead atoms. The van der Waals surface area contributed by atoms with Gasteiger partial charge in [-0.05, 0) is 30.3 Å². The van der Waals surface area contributed by atoms with Crippen molar-refractivity contribution in [1.82, 2.24) is 0 Å². The van der Waals surface area contributed by atoms with Gasteiger partial charge in [-0.2, -0.15) is 0 Å². The Hall–Kier alpha value is -2.86. The normalized spacial score (nSPS) is 13.5. The number of carbonyl (C=O) groups excluding carboxylic acids is 2. The second-order valence-corrected chi connectivity index (χ2v) is 4.85. The van der Waals surface area contributed by atoms with E-state index in [0.29, 0.717) is 11.3 Å². The molecule has 0 unspecified atom stereocenters. The molecule has 0 radical (unpaired) electrons. The molecule has 0 aliphatic carbocycles. The van der Waals surface area contributed by atoms with Gasteiger partial charge in [0.25, 0.3) is 0 Å². The van der Waals surface area contributed by atoms with Gasteiger partial charge >= 0.3 is 0 Å². The van der Waals surface area contributed by atoms with Gasteiger partial charge in [0, 0.05) is 29.5 Å². The summed E-state index contributed by atoms with van der Waals surface area (Å²) in [5.74, 6) is 5.96. The summed E-state index contributed by atoms with van der Waals surface area (Å²) < 4.78 is 0. The van der Waals surface area contributed by atoms with Crippen LogP contribution >= 0.6 is 0 Å². The molecule has 3 rings (SSSR count). The van der Waals surface area contributed by atoms with Gasteiger partial charge in [0.2, 0.25) is 5.91 Å². The maximum Gasteiger partial charge on any atom is 0.224 e. The summed E-state index contributed by atoms with van der Waals surface area (Å²) in [5.41, 5.74) is 2.81. The largest absolute Gasteiger partial charge is 0.325 e. The summed E-state index contributed by atoms with van der Waals surface area (Å²) in [4.78, 5) is 23.5. The lowest BCUT2D eigenvalue weighted by molar-refractivity contribution is -0.116. The van der Waals surface area contributed by atoms with Crippen molar-refractivity contribution in [2.24, 2.45) is 0 Å². The maximum absolute atomic E-state index is 12.0. The number of benzene rings is 2. The van der Waals surface area contributed by atoms with E-state index in [1.807, 2.05) is 36.4 Å². The molecule has 2 aromatic rings. The van der Waals surface area contributed by atoms with Crippen LogP contribution in [0, 0.1) is 11.8 Å². The summed E-state index contributed by atoms with van der Waals surface area (Å²) in [6.45, 7) is 0. The van der Waals surface area contributed by atoms with Gasteiger partial charge in [-0.25, -0.2) is 0 Å². The predicted molar refractivity (Wildman–Crippen MR) is 81.1 cm³/mol. The first-order valence-corrected chi connectivity index (χ1v) is 6.76. The SMILES string of the molecule is O=C1CCC(=O)c2cc(C#Cc3ccccc3)ccc2N1. The van der Waals surface area contributed by atoms with Crippen molar-refractivity contribution >= 4 is 17.4 Å². The van der Waals surface area contributed by atoms with Crippen LogP contribution in [-0.2, 0) is 4.79 Å². The van der Waals surface area contributed by atoms with Crippen LogP contribution in [0.3, 0.4) is 0 Å². The fraction of sp³-hybridized carbons (Fsp3) is 0.111. The number of hydrogen-bond donors (Lipinski definition) is 1. The summed E-state index contributed by atoms with van der Waals surface area (Å²) in [7, 11) is 0.